The zero-order chi connectivity index (χ0) is 21.3. The number of ketones is 1. The first-order valence-corrected chi connectivity index (χ1v) is 10.5. The second kappa shape index (κ2) is 8.52. The first-order chi connectivity index (χ1) is 14.4. The van der Waals surface area contributed by atoms with Gasteiger partial charge in [-0.15, -0.1) is 0 Å². The number of fused-ring (bicyclic) bond motifs is 1. The molecule has 0 spiro atoms. The van der Waals surface area contributed by atoms with Gasteiger partial charge < -0.3 is 19.8 Å². The highest BCUT2D eigenvalue weighted by Gasteiger charge is 2.27. The number of amides is 1. The molecule has 0 bridgehead atoms. The van der Waals surface area contributed by atoms with E-state index in [1.165, 1.54) is 0 Å². The average molecular weight is 412 g/mol. The van der Waals surface area contributed by atoms with Crippen LogP contribution in [0.3, 0.4) is 0 Å². The Morgan fingerprint density at radius 2 is 1.83 bits per heavy atom. The van der Waals surface area contributed by atoms with Crippen LogP contribution in [-0.4, -0.2) is 53.5 Å². The number of para-hydroxylation sites is 2. The highest BCUT2D eigenvalue weighted by molar-refractivity contribution is 5.99. The fraction of sp³-hybridized carbons (Fsp3) is 0.478. The molecule has 2 aliphatic heterocycles. The smallest absolute Gasteiger partial charge is 0.220 e. The number of likely N-dealkylation sites (tertiary alicyclic amines) is 1. The Kier molecular flexibility index (Phi) is 5.81. The van der Waals surface area contributed by atoms with Crippen molar-refractivity contribution in [3.63, 3.8) is 0 Å². The normalized spacial score (nSPS) is 19.6. The maximum absolute atomic E-state index is 13.0. The Morgan fingerprint density at radius 1 is 1.13 bits per heavy atom. The number of benzene rings is 1. The number of primary amides is 1. The summed E-state index contributed by atoms with van der Waals surface area (Å²) < 4.78 is 14.0. The molecule has 160 valence electrons. The summed E-state index contributed by atoms with van der Waals surface area (Å²) in [6, 6.07) is 9.64. The minimum Gasteiger partial charge on any atom is -0.486 e. The van der Waals surface area contributed by atoms with Gasteiger partial charge >= 0.3 is 0 Å². The highest BCUT2D eigenvalue weighted by Crippen LogP contribution is 2.31. The predicted octanol–water partition coefficient (Wildman–Crippen LogP) is 2.32. The Balaban J connectivity index is 1.40. The monoisotopic (exact) mass is 411 g/mol. The summed E-state index contributed by atoms with van der Waals surface area (Å²) >= 11 is 0. The van der Waals surface area contributed by atoms with Crippen LogP contribution in [0.4, 0.5) is 0 Å². The van der Waals surface area contributed by atoms with E-state index in [1.807, 2.05) is 44.2 Å². The number of piperidine rings is 1. The number of rotatable bonds is 6. The lowest BCUT2D eigenvalue weighted by atomic mass is 9.96. The molecule has 4 rings (SSSR count). The molecule has 1 atom stereocenters. The molecule has 0 aliphatic carbocycles. The number of carbonyl (C=O) groups excluding carboxylic acids is 2. The minimum atomic E-state index is -0.235. The number of nitrogens with two attached hydrogens (primary N) is 1. The van der Waals surface area contributed by atoms with E-state index >= 15 is 0 Å². The average Bonchev–Trinajstić information content (AvgIpc) is 3.02. The molecule has 2 aromatic rings. The Bertz CT molecular complexity index is 944. The van der Waals surface area contributed by atoms with Gasteiger partial charge in [0.25, 0.3) is 0 Å². The largest absolute Gasteiger partial charge is 0.486 e. The van der Waals surface area contributed by atoms with Crippen molar-refractivity contribution in [2.75, 3.05) is 26.2 Å². The number of ether oxygens (including phenoxy) is 2. The Morgan fingerprint density at radius 3 is 2.53 bits per heavy atom. The van der Waals surface area contributed by atoms with Gasteiger partial charge in [-0.1, -0.05) is 12.1 Å². The third-order valence-corrected chi connectivity index (χ3v) is 6.18. The van der Waals surface area contributed by atoms with E-state index in [0.29, 0.717) is 19.7 Å². The van der Waals surface area contributed by atoms with Crippen molar-refractivity contribution in [1.29, 1.82) is 0 Å². The van der Waals surface area contributed by atoms with Crippen molar-refractivity contribution in [3.05, 3.63) is 47.3 Å². The van der Waals surface area contributed by atoms with Crippen LogP contribution in [0.15, 0.2) is 30.3 Å². The summed E-state index contributed by atoms with van der Waals surface area (Å²) in [4.78, 5) is 26.4. The van der Waals surface area contributed by atoms with Crippen molar-refractivity contribution >= 4 is 11.7 Å². The Labute approximate surface area is 176 Å². The van der Waals surface area contributed by atoms with E-state index in [4.69, 9.17) is 15.2 Å². The SMILES string of the molecule is Cc1cc(C(=O)CN2CCC(C(N)=O)CC2)c(C)n1C[C@H]1COc2ccccc2O1. The lowest BCUT2D eigenvalue weighted by Gasteiger charge is -2.29. The molecule has 1 fully saturated rings. The van der Waals surface area contributed by atoms with Gasteiger partial charge in [0.2, 0.25) is 5.91 Å². The van der Waals surface area contributed by atoms with Crippen LogP contribution in [-0.2, 0) is 11.3 Å². The van der Waals surface area contributed by atoms with E-state index in [1.54, 1.807) is 0 Å². The van der Waals surface area contributed by atoms with Crippen molar-refractivity contribution in [2.24, 2.45) is 11.7 Å². The van der Waals surface area contributed by atoms with Gasteiger partial charge in [0, 0.05) is 22.9 Å². The molecule has 1 amide bonds. The van der Waals surface area contributed by atoms with Crippen LogP contribution >= 0.6 is 0 Å². The van der Waals surface area contributed by atoms with E-state index in [9.17, 15) is 9.59 Å². The molecule has 1 aromatic carbocycles. The maximum Gasteiger partial charge on any atom is 0.220 e. The van der Waals surface area contributed by atoms with Crippen LogP contribution in [0.2, 0.25) is 0 Å². The van der Waals surface area contributed by atoms with Crippen LogP contribution in [0.5, 0.6) is 11.5 Å². The van der Waals surface area contributed by atoms with Gasteiger partial charge in [0.1, 0.15) is 6.61 Å². The van der Waals surface area contributed by atoms with Crippen LogP contribution in [0.25, 0.3) is 0 Å². The van der Waals surface area contributed by atoms with Crippen molar-refractivity contribution in [1.82, 2.24) is 9.47 Å². The zero-order valence-corrected chi connectivity index (χ0v) is 17.6. The van der Waals surface area contributed by atoms with Crippen LogP contribution < -0.4 is 15.2 Å². The quantitative estimate of drug-likeness (QED) is 0.738. The lowest BCUT2D eigenvalue weighted by Crippen LogP contribution is -2.40. The van der Waals surface area contributed by atoms with E-state index < -0.39 is 0 Å². The third-order valence-electron chi connectivity index (χ3n) is 6.18. The number of nitrogens with zero attached hydrogens (tertiary/aromatic N) is 2. The fourth-order valence-corrected chi connectivity index (χ4v) is 4.38. The number of hydrogen-bond acceptors (Lipinski definition) is 5. The summed E-state index contributed by atoms with van der Waals surface area (Å²) in [6.07, 6.45) is 1.34. The third kappa shape index (κ3) is 4.21. The second-order valence-electron chi connectivity index (χ2n) is 8.27. The van der Waals surface area contributed by atoms with Gasteiger partial charge in [-0.05, 0) is 58.0 Å². The van der Waals surface area contributed by atoms with E-state index in [-0.39, 0.29) is 23.7 Å². The minimum absolute atomic E-state index is 0.0655. The van der Waals surface area contributed by atoms with Gasteiger partial charge in [0.15, 0.2) is 23.4 Å². The molecule has 2 N–H and O–H groups in total. The number of hydrogen-bond donors (Lipinski definition) is 1. The molecule has 2 aliphatic rings. The molecule has 0 saturated carbocycles. The van der Waals surface area contributed by atoms with Crippen LogP contribution in [0.1, 0.15) is 34.6 Å². The van der Waals surface area contributed by atoms with Crippen LogP contribution in [0, 0.1) is 19.8 Å². The summed E-state index contributed by atoms with van der Waals surface area (Å²) in [7, 11) is 0. The standard InChI is InChI=1S/C23H29N3O4/c1-15-11-19(20(27)13-25-9-7-17(8-10-25)23(24)28)16(2)26(15)12-18-14-29-21-5-3-4-6-22(21)30-18/h3-6,11,17-18H,7-10,12-14H2,1-2H3,(H2,24,28)/t18-/m0/s1. The van der Waals surface area contributed by atoms with Crippen molar-refractivity contribution in [2.45, 2.75) is 39.3 Å². The zero-order valence-electron chi connectivity index (χ0n) is 17.6. The molecule has 0 unspecified atom stereocenters. The first-order valence-electron chi connectivity index (χ1n) is 10.5. The molecular formula is C23H29N3O4. The molecule has 7 nitrogen and oxygen atoms in total. The molecule has 3 heterocycles. The Hall–Kier alpha value is -2.80. The number of aryl methyl sites for hydroxylation is 1. The van der Waals surface area contributed by atoms with Gasteiger partial charge in [-0.3, -0.25) is 14.5 Å². The second-order valence-corrected chi connectivity index (χ2v) is 8.27. The van der Waals surface area contributed by atoms with Crippen molar-refractivity contribution in [3.8, 4) is 11.5 Å². The van der Waals surface area contributed by atoms with Crippen molar-refractivity contribution < 1.29 is 19.1 Å². The molecule has 7 heteroatoms. The van der Waals surface area contributed by atoms with E-state index in [0.717, 1.165) is 54.4 Å². The molecule has 0 radical (unpaired) electrons. The number of aromatic nitrogens is 1. The molecule has 30 heavy (non-hydrogen) atoms. The molecule has 1 aromatic heterocycles. The lowest BCUT2D eigenvalue weighted by molar-refractivity contribution is -0.123. The summed E-state index contributed by atoms with van der Waals surface area (Å²) in [6.45, 7) is 6.92. The molecular weight excluding hydrogens is 382 g/mol. The number of Topliss-reactive ketones (excluding diaryl/α,β-unsaturated/α-hetero) is 1. The number of carbonyl (C=O) groups is 2. The summed E-state index contributed by atoms with van der Waals surface area (Å²) in [5.41, 5.74) is 8.14. The first kappa shape index (κ1) is 20.5. The summed E-state index contributed by atoms with van der Waals surface area (Å²) in [5.74, 6) is 1.33. The topological polar surface area (TPSA) is 86.8 Å². The van der Waals surface area contributed by atoms with Gasteiger partial charge in [0.05, 0.1) is 13.1 Å². The maximum atomic E-state index is 13.0. The summed E-state index contributed by atoms with van der Waals surface area (Å²) in [5, 5.41) is 0. The predicted molar refractivity (Wildman–Crippen MR) is 113 cm³/mol. The molecule has 1 saturated heterocycles. The van der Waals surface area contributed by atoms with Gasteiger partial charge in [-0.25, -0.2) is 0 Å². The fourth-order valence-electron chi connectivity index (χ4n) is 4.38. The highest BCUT2D eigenvalue weighted by atomic mass is 16.6. The van der Waals surface area contributed by atoms with E-state index in [2.05, 4.69) is 9.47 Å². The van der Waals surface area contributed by atoms with Gasteiger partial charge in [-0.2, -0.15) is 0 Å².